The zero-order valence-electron chi connectivity index (χ0n) is 9.11. The summed E-state index contributed by atoms with van der Waals surface area (Å²) in [6.45, 7) is 2.19. The Hall–Kier alpha value is -1.56. The Morgan fingerprint density at radius 3 is 1.75 bits per heavy atom. The molecule has 0 fully saturated rings. The summed E-state index contributed by atoms with van der Waals surface area (Å²) in [6, 6.07) is 19.5. The van der Waals surface area contributed by atoms with Crippen molar-refractivity contribution < 1.29 is 0 Å². The van der Waals surface area contributed by atoms with E-state index in [1.807, 2.05) is 0 Å². The third-order valence-corrected chi connectivity index (χ3v) is 2.68. The van der Waals surface area contributed by atoms with Crippen molar-refractivity contribution in [2.24, 2.45) is 0 Å². The van der Waals surface area contributed by atoms with Crippen molar-refractivity contribution in [1.82, 2.24) is 0 Å². The highest BCUT2D eigenvalue weighted by molar-refractivity contribution is 5.28. The van der Waals surface area contributed by atoms with Crippen molar-refractivity contribution in [1.29, 1.82) is 0 Å². The molecule has 0 radical (unpaired) electrons. The number of aryl methyl sites for hydroxylation is 1. The van der Waals surface area contributed by atoms with Crippen molar-refractivity contribution in [3.63, 3.8) is 0 Å². The molecule has 0 heteroatoms. The van der Waals surface area contributed by atoms with Crippen LogP contribution in [0.3, 0.4) is 0 Å². The lowest BCUT2D eigenvalue weighted by atomic mass is 10.0. The standard InChI is InChI=1S/C15H16.CH4/c1-2-13-8-10-15(11-9-13)12-14-6-4-3-5-7-14;/h3-11H,2,12H2,1H3;1H4. The van der Waals surface area contributed by atoms with Gasteiger partial charge in [-0.3, -0.25) is 0 Å². The SMILES string of the molecule is C.CCc1ccc(Cc2ccccc2)cc1. The van der Waals surface area contributed by atoms with Crippen LogP contribution in [0.5, 0.6) is 0 Å². The Balaban J connectivity index is 0.00000128. The van der Waals surface area contributed by atoms with E-state index in [-0.39, 0.29) is 7.43 Å². The van der Waals surface area contributed by atoms with Crippen molar-refractivity contribution in [2.75, 3.05) is 0 Å². The molecular weight excluding hydrogens is 192 g/mol. The molecule has 0 saturated carbocycles. The van der Waals surface area contributed by atoms with Gasteiger partial charge in [0.25, 0.3) is 0 Å². The maximum Gasteiger partial charge on any atom is -0.00258 e. The molecule has 0 bridgehead atoms. The van der Waals surface area contributed by atoms with Gasteiger partial charge in [0, 0.05) is 0 Å². The zero-order chi connectivity index (χ0) is 10.5. The average Bonchev–Trinajstić information content (AvgIpc) is 2.31. The molecule has 0 heterocycles. The Bertz CT molecular complexity index is 398. The fourth-order valence-electron chi connectivity index (χ4n) is 1.72. The second kappa shape index (κ2) is 6.12. The highest BCUT2D eigenvalue weighted by atomic mass is 14.0. The summed E-state index contributed by atoms with van der Waals surface area (Å²) in [5.41, 5.74) is 4.17. The summed E-state index contributed by atoms with van der Waals surface area (Å²) in [6.07, 6.45) is 2.15. The van der Waals surface area contributed by atoms with Crippen LogP contribution in [0.4, 0.5) is 0 Å². The first-order valence-electron chi connectivity index (χ1n) is 5.50. The molecule has 0 aromatic heterocycles. The molecule has 16 heavy (non-hydrogen) atoms. The van der Waals surface area contributed by atoms with E-state index in [0.29, 0.717) is 0 Å². The molecule has 0 aliphatic carbocycles. The van der Waals surface area contributed by atoms with Crippen LogP contribution in [0.25, 0.3) is 0 Å². The summed E-state index contributed by atoms with van der Waals surface area (Å²) >= 11 is 0. The van der Waals surface area contributed by atoms with E-state index in [1.54, 1.807) is 0 Å². The van der Waals surface area contributed by atoms with Gasteiger partial charge in [-0.2, -0.15) is 0 Å². The molecule has 0 atom stereocenters. The summed E-state index contributed by atoms with van der Waals surface area (Å²) in [4.78, 5) is 0. The Morgan fingerprint density at radius 2 is 1.19 bits per heavy atom. The van der Waals surface area contributed by atoms with Crippen LogP contribution in [0, 0.1) is 0 Å². The molecule has 2 aromatic carbocycles. The molecule has 0 N–H and O–H groups in total. The zero-order valence-corrected chi connectivity index (χ0v) is 9.11. The van der Waals surface area contributed by atoms with Crippen molar-refractivity contribution >= 4 is 0 Å². The smallest absolute Gasteiger partial charge is 0.00258 e. The van der Waals surface area contributed by atoms with Gasteiger partial charge in [0.2, 0.25) is 0 Å². The minimum atomic E-state index is 0. The van der Waals surface area contributed by atoms with Gasteiger partial charge in [0.15, 0.2) is 0 Å². The van der Waals surface area contributed by atoms with Gasteiger partial charge in [0.1, 0.15) is 0 Å². The van der Waals surface area contributed by atoms with Crippen LogP contribution in [0.2, 0.25) is 0 Å². The minimum Gasteiger partial charge on any atom is -0.0776 e. The van der Waals surface area contributed by atoms with E-state index in [9.17, 15) is 0 Å². The van der Waals surface area contributed by atoms with E-state index >= 15 is 0 Å². The molecule has 0 unspecified atom stereocenters. The van der Waals surface area contributed by atoms with Gasteiger partial charge in [0.05, 0.1) is 0 Å². The van der Waals surface area contributed by atoms with Crippen LogP contribution >= 0.6 is 0 Å². The lowest BCUT2D eigenvalue weighted by Gasteiger charge is -2.02. The molecule has 2 aromatic rings. The van der Waals surface area contributed by atoms with E-state index in [1.165, 1.54) is 16.7 Å². The first-order chi connectivity index (χ1) is 7.38. The van der Waals surface area contributed by atoms with Gasteiger partial charge in [-0.25, -0.2) is 0 Å². The Morgan fingerprint density at radius 1 is 0.688 bits per heavy atom. The summed E-state index contributed by atoms with van der Waals surface area (Å²) in [5, 5.41) is 0. The van der Waals surface area contributed by atoms with E-state index in [0.717, 1.165) is 12.8 Å². The first kappa shape index (κ1) is 12.5. The molecular formula is C16H20. The second-order valence-electron chi connectivity index (χ2n) is 3.83. The lowest BCUT2D eigenvalue weighted by molar-refractivity contribution is 1.12. The molecule has 2 rings (SSSR count). The quantitative estimate of drug-likeness (QED) is 0.704. The molecule has 0 saturated heterocycles. The average molecular weight is 212 g/mol. The predicted octanol–water partition coefficient (Wildman–Crippen LogP) is 4.48. The van der Waals surface area contributed by atoms with Gasteiger partial charge in [-0.05, 0) is 29.5 Å². The largest absolute Gasteiger partial charge is 0.0776 e. The van der Waals surface area contributed by atoms with Crippen LogP contribution < -0.4 is 0 Å². The molecule has 84 valence electrons. The maximum atomic E-state index is 2.23. The lowest BCUT2D eigenvalue weighted by Crippen LogP contribution is -1.88. The van der Waals surface area contributed by atoms with Crippen molar-refractivity contribution in [2.45, 2.75) is 27.2 Å². The van der Waals surface area contributed by atoms with Crippen LogP contribution in [-0.4, -0.2) is 0 Å². The fourth-order valence-corrected chi connectivity index (χ4v) is 1.72. The van der Waals surface area contributed by atoms with Crippen molar-refractivity contribution in [3.05, 3.63) is 71.3 Å². The predicted molar refractivity (Wildman–Crippen MR) is 71.8 cm³/mol. The minimum absolute atomic E-state index is 0. The summed E-state index contributed by atoms with van der Waals surface area (Å²) < 4.78 is 0. The van der Waals surface area contributed by atoms with Crippen LogP contribution in [-0.2, 0) is 12.8 Å². The summed E-state index contributed by atoms with van der Waals surface area (Å²) in [7, 11) is 0. The van der Waals surface area contributed by atoms with Crippen molar-refractivity contribution in [3.8, 4) is 0 Å². The van der Waals surface area contributed by atoms with E-state index in [4.69, 9.17) is 0 Å². The first-order valence-corrected chi connectivity index (χ1v) is 5.50. The third kappa shape index (κ3) is 3.23. The molecule has 0 amide bonds. The number of hydrogen-bond donors (Lipinski definition) is 0. The highest BCUT2D eigenvalue weighted by Gasteiger charge is 1.95. The van der Waals surface area contributed by atoms with Gasteiger partial charge < -0.3 is 0 Å². The second-order valence-corrected chi connectivity index (χ2v) is 3.83. The number of rotatable bonds is 3. The maximum absolute atomic E-state index is 2.23. The Kier molecular flexibility index (Phi) is 4.78. The highest BCUT2D eigenvalue weighted by Crippen LogP contribution is 2.10. The van der Waals surface area contributed by atoms with Gasteiger partial charge in [-0.15, -0.1) is 0 Å². The normalized spacial score (nSPS) is 9.56. The third-order valence-electron chi connectivity index (χ3n) is 2.68. The fraction of sp³-hybridized carbons (Fsp3) is 0.250. The molecule has 0 aliphatic heterocycles. The van der Waals surface area contributed by atoms with E-state index in [2.05, 4.69) is 61.5 Å². The van der Waals surface area contributed by atoms with Crippen LogP contribution in [0.15, 0.2) is 54.6 Å². The molecule has 0 aliphatic rings. The molecule has 0 nitrogen and oxygen atoms in total. The van der Waals surface area contributed by atoms with Gasteiger partial charge in [-0.1, -0.05) is 68.9 Å². The van der Waals surface area contributed by atoms with E-state index < -0.39 is 0 Å². The topological polar surface area (TPSA) is 0 Å². The number of benzene rings is 2. The Labute approximate surface area is 99.0 Å². The number of hydrogen-bond acceptors (Lipinski definition) is 0. The molecule has 0 spiro atoms. The summed E-state index contributed by atoms with van der Waals surface area (Å²) in [5.74, 6) is 0. The monoisotopic (exact) mass is 212 g/mol. The van der Waals surface area contributed by atoms with Gasteiger partial charge >= 0.3 is 0 Å². The van der Waals surface area contributed by atoms with Crippen LogP contribution in [0.1, 0.15) is 31.0 Å².